The lowest BCUT2D eigenvalue weighted by molar-refractivity contribution is -0.0999. The minimum absolute atomic E-state index is 0.152. The zero-order valence-corrected chi connectivity index (χ0v) is 6.08. The molecule has 1 atom stereocenters. The second-order valence-electron chi connectivity index (χ2n) is 2.59. The topological polar surface area (TPSA) is 81.8 Å². The lowest BCUT2D eigenvalue weighted by Crippen LogP contribution is -2.50. The molecule has 0 saturated carbocycles. The summed E-state index contributed by atoms with van der Waals surface area (Å²) in [5.41, 5.74) is 4.41. The minimum Gasteiger partial charge on any atom is -0.450 e. The Morgan fingerprint density at radius 1 is 1.73 bits per heavy atom. The fraction of sp³-hybridized carbons (Fsp3) is 0.833. The van der Waals surface area contributed by atoms with Crippen molar-refractivity contribution in [3.05, 3.63) is 0 Å². The quantitative estimate of drug-likeness (QED) is 0.422. The van der Waals surface area contributed by atoms with Gasteiger partial charge in [0.1, 0.15) is 6.61 Å². The van der Waals surface area contributed by atoms with E-state index in [1.54, 1.807) is 0 Å². The summed E-state index contributed by atoms with van der Waals surface area (Å²) >= 11 is 0. The molecule has 1 fully saturated rings. The van der Waals surface area contributed by atoms with Crippen molar-refractivity contribution in [2.75, 3.05) is 13.2 Å². The first-order valence-corrected chi connectivity index (χ1v) is 3.41. The zero-order chi connectivity index (χ0) is 8.32. The molecule has 0 radical (unpaired) electrons. The third-order valence-electron chi connectivity index (χ3n) is 1.53. The summed E-state index contributed by atoms with van der Waals surface area (Å²) in [6, 6.07) is 0. The van der Waals surface area contributed by atoms with Crippen LogP contribution in [0.4, 0.5) is 4.79 Å². The fourth-order valence-electron chi connectivity index (χ4n) is 1.04. The van der Waals surface area contributed by atoms with Crippen molar-refractivity contribution in [1.29, 1.82) is 0 Å². The van der Waals surface area contributed by atoms with E-state index in [9.17, 15) is 4.79 Å². The van der Waals surface area contributed by atoms with Crippen molar-refractivity contribution in [3.8, 4) is 0 Å². The molecule has 0 bridgehead atoms. The highest BCUT2D eigenvalue weighted by molar-refractivity contribution is 5.57. The molecule has 0 amide bonds. The van der Waals surface area contributed by atoms with Gasteiger partial charge in [-0.1, -0.05) is 0 Å². The average molecular weight is 161 g/mol. The van der Waals surface area contributed by atoms with E-state index in [4.69, 9.17) is 15.6 Å². The SMILES string of the molecule is NC1(OC(=O)O)CCCOC1. The number of ether oxygens (including phenoxy) is 2. The third-order valence-corrected chi connectivity index (χ3v) is 1.53. The average Bonchev–Trinajstić information content (AvgIpc) is 1.85. The predicted octanol–water partition coefficient (Wildman–Crippen LogP) is 0.146. The van der Waals surface area contributed by atoms with Gasteiger partial charge in [-0.3, -0.25) is 5.73 Å². The van der Waals surface area contributed by atoms with Crippen LogP contribution in [0.3, 0.4) is 0 Å². The summed E-state index contributed by atoms with van der Waals surface area (Å²) in [7, 11) is 0. The number of hydrogen-bond donors (Lipinski definition) is 2. The van der Waals surface area contributed by atoms with Gasteiger partial charge in [0.05, 0.1) is 0 Å². The number of rotatable bonds is 1. The largest absolute Gasteiger partial charge is 0.507 e. The van der Waals surface area contributed by atoms with Gasteiger partial charge >= 0.3 is 6.16 Å². The maximum absolute atomic E-state index is 10.1. The monoisotopic (exact) mass is 161 g/mol. The molecule has 1 heterocycles. The van der Waals surface area contributed by atoms with Crippen LogP contribution in [-0.2, 0) is 9.47 Å². The maximum atomic E-state index is 10.1. The lowest BCUT2D eigenvalue weighted by atomic mass is 10.1. The molecule has 1 unspecified atom stereocenters. The van der Waals surface area contributed by atoms with E-state index >= 15 is 0 Å². The van der Waals surface area contributed by atoms with Gasteiger partial charge in [0, 0.05) is 13.0 Å². The van der Waals surface area contributed by atoms with Crippen LogP contribution in [0.5, 0.6) is 0 Å². The molecule has 3 N–H and O–H groups in total. The van der Waals surface area contributed by atoms with Crippen LogP contribution < -0.4 is 5.73 Å². The van der Waals surface area contributed by atoms with Crippen molar-refractivity contribution in [3.63, 3.8) is 0 Å². The smallest absolute Gasteiger partial charge is 0.450 e. The number of carbonyl (C=O) groups is 1. The van der Waals surface area contributed by atoms with Gasteiger partial charge in [0.2, 0.25) is 0 Å². The maximum Gasteiger partial charge on any atom is 0.507 e. The molecule has 64 valence electrons. The predicted molar refractivity (Wildman–Crippen MR) is 36.1 cm³/mol. The summed E-state index contributed by atoms with van der Waals surface area (Å²) in [6.07, 6.45) is -0.0821. The number of hydrogen-bond acceptors (Lipinski definition) is 4. The van der Waals surface area contributed by atoms with Gasteiger partial charge in [-0.15, -0.1) is 0 Å². The van der Waals surface area contributed by atoms with Crippen LogP contribution in [-0.4, -0.2) is 30.2 Å². The first-order valence-electron chi connectivity index (χ1n) is 3.41. The molecule has 0 aromatic rings. The van der Waals surface area contributed by atoms with Crippen LogP contribution in [0, 0.1) is 0 Å². The van der Waals surface area contributed by atoms with Crippen LogP contribution in [0.15, 0.2) is 0 Å². The Morgan fingerprint density at radius 3 is 2.91 bits per heavy atom. The zero-order valence-electron chi connectivity index (χ0n) is 6.08. The molecular formula is C6H11NO4. The molecule has 1 saturated heterocycles. The van der Waals surface area contributed by atoms with Gasteiger partial charge < -0.3 is 14.6 Å². The lowest BCUT2D eigenvalue weighted by Gasteiger charge is -2.30. The second kappa shape index (κ2) is 3.06. The molecule has 0 spiro atoms. The summed E-state index contributed by atoms with van der Waals surface area (Å²) < 4.78 is 9.42. The van der Waals surface area contributed by atoms with Gasteiger partial charge in [0.15, 0.2) is 5.72 Å². The van der Waals surface area contributed by atoms with Crippen molar-refractivity contribution in [2.24, 2.45) is 5.73 Å². The summed E-state index contributed by atoms with van der Waals surface area (Å²) in [6.45, 7) is 0.779. The Balaban J connectivity index is 2.43. The molecule has 1 aliphatic heterocycles. The first-order chi connectivity index (χ1) is 5.12. The van der Waals surface area contributed by atoms with Crippen molar-refractivity contribution in [1.82, 2.24) is 0 Å². The number of carboxylic acid groups (broad SMARTS) is 1. The summed E-state index contributed by atoms with van der Waals surface area (Å²) in [5.74, 6) is 0. The van der Waals surface area contributed by atoms with E-state index in [-0.39, 0.29) is 6.61 Å². The van der Waals surface area contributed by atoms with Crippen molar-refractivity contribution in [2.45, 2.75) is 18.6 Å². The first kappa shape index (κ1) is 8.29. The Labute approximate surface area is 64.1 Å². The Hall–Kier alpha value is -0.810. The molecule has 0 aromatic heterocycles. The van der Waals surface area contributed by atoms with Gasteiger partial charge in [-0.25, -0.2) is 4.79 Å². The molecule has 0 aromatic carbocycles. The molecule has 11 heavy (non-hydrogen) atoms. The Bertz CT molecular complexity index is 153. The van der Waals surface area contributed by atoms with Crippen LogP contribution >= 0.6 is 0 Å². The Morgan fingerprint density at radius 2 is 2.45 bits per heavy atom. The highest BCUT2D eigenvalue weighted by Gasteiger charge is 2.32. The van der Waals surface area contributed by atoms with E-state index in [0.717, 1.165) is 6.42 Å². The summed E-state index contributed by atoms with van der Waals surface area (Å²) in [4.78, 5) is 10.1. The summed E-state index contributed by atoms with van der Waals surface area (Å²) in [5, 5.41) is 8.27. The van der Waals surface area contributed by atoms with E-state index in [0.29, 0.717) is 13.0 Å². The van der Waals surface area contributed by atoms with Crippen LogP contribution in [0.2, 0.25) is 0 Å². The van der Waals surface area contributed by atoms with E-state index in [1.807, 2.05) is 0 Å². The molecular weight excluding hydrogens is 150 g/mol. The normalized spacial score (nSPS) is 31.4. The fourth-order valence-corrected chi connectivity index (χ4v) is 1.04. The van der Waals surface area contributed by atoms with Gasteiger partial charge in [-0.05, 0) is 6.42 Å². The van der Waals surface area contributed by atoms with E-state index < -0.39 is 11.9 Å². The highest BCUT2D eigenvalue weighted by atomic mass is 16.7. The third kappa shape index (κ3) is 2.36. The van der Waals surface area contributed by atoms with E-state index in [1.165, 1.54) is 0 Å². The highest BCUT2D eigenvalue weighted by Crippen LogP contribution is 2.17. The molecule has 5 heteroatoms. The molecule has 1 aliphatic rings. The Kier molecular flexibility index (Phi) is 2.31. The number of nitrogens with two attached hydrogens (primary N) is 1. The van der Waals surface area contributed by atoms with Gasteiger partial charge in [-0.2, -0.15) is 0 Å². The molecule has 5 nitrogen and oxygen atoms in total. The second-order valence-corrected chi connectivity index (χ2v) is 2.59. The van der Waals surface area contributed by atoms with E-state index in [2.05, 4.69) is 4.74 Å². The standard InChI is InChI=1S/C6H11NO4/c7-6(11-5(8)9)2-1-3-10-4-6/h1-4,7H2,(H,8,9). The van der Waals surface area contributed by atoms with Crippen molar-refractivity contribution >= 4 is 6.16 Å². The minimum atomic E-state index is -1.35. The molecule has 1 rings (SSSR count). The van der Waals surface area contributed by atoms with Gasteiger partial charge in [0.25, 0.3) is 0 Å². The molecule has 0 aliphatic carbocycles. The van der Waals surface area contributed by atoms with Crippen molar-refractivity contribution < 1.29 is 19.4 Å². The van der Waals surface area contributed by atoms with Crippen LogP contribution in [0.25, 0.3) is 0 Å². The van der Waals surface area contributed by atoms with Crippen LogP contribution in [0.1, 0.15) is 12.8 Å².